The smallest absolute Gasteiger partial charge is 0.228 e. The summed E-state index contributed by atoms with van der Waals surface area (Å²) in [6.07, 6.45) is 0.495. The molecule has 1 aliphatic rings. The Kier molecular flexibility index (Phi) is 5.56. The third-order valence-corrected chi connectivity index (χ3v) is 4.73. The number of methoxy groups -OCH3 is 2. The van der Waals surface area contributed by atoms with E-state index >= 15 is 0 Å². The largest absolute Gasteiger partial charge is 0.495 e. The molecule has 1 aliphatic carbocycles. The summed E-state index contributed by atoms with van der Waals surface area (Å²) in [4.78, 5) is 25.0. The minimum atomic E-state index is -0.385. The fourth-order valence-corrected chi connectivity index (χ4v) is 3.09. The van der Waals surface area contributed by atoms with E-state index in [2.05, 4.69) is 10.6 Å². The van der Waals surface area contributed by atoms with Gasteiger partial charge in [0.25, 0.3) is 0 Å². The van der Waals surface area contributed by atoms with Gasteiger partial charge in [-0.2, -0.15) is 0 Å². The average molecular weight is 389 g/mol. The Hall–Kier alpha value is -2.73. The van der Waals surface area contributed by atoms with Crippen LogP contribution >= 0.6 is 11.6 Å². The van der Waals surface area contributed by atoms with Gasteiger partial charge >= 0.3 is 0 Å². The standard InChI is InChI=1S/C20H21ClN2O4/c1-11-4-6-17(26-2)15(8-11)22-19(24)13-10-14(13)20(25)23-16-9-12(21)5-7-18(16)27-3/h4-9,13-14H,10H2,1-3H3,(H,22,24)(H,23,25). The highest BCUT2D eigenvalue weighted by atomic mass is 35.5. The molecule has 0 radical (unpaired) electrons. The van der Waals surface area contributed by atoms with E-state index < -0.39 is 0 Å². The number of carbonyl (C=O) groups is 2. The molecule has 3 rings (SSSR count). The maximum atomic E-state index is 12.5. The lowest BCUT2D eigenvalue weighted by Crippen LogP contribution is -2.21. The zero-order chi connectivity index (χ0) is 19.6. The van der Waals surface area contributed by atoms with Gasteiger partial charge in [-0.15, -0.1) is 0 Å². The van der Waals surface area contributed by atoms with E-state index in [1.807, 2.05) is 19.1 Å². The molecule has 2 atom stereocenters. The Morgan fingerprint density at radius 2 is 1.44 bits per heavy atom. The van der Waals surface area contributed by atoms with Crippen LogP contribution in [0, 0.1) is 18.8 Å². The molecule has 0 heterocycles. The second-order valence-electron chi connectivity index (χ2n) is 6.48. The van der Waals surface area contributed by atoms with Gasteiger partial charge in [-0.25, -0.2) is 0 Å². The van der Waals surface area contributed by atoms with E-state index in [1.165, 1.54) is 7.11 Å². The van der Waals surface area contributed by atoms with E-state index in [4.69, 9.17) is 21.1 Å². The quantitative estimate of drug-likeness (QED) is 0.787. The number of benzene rings is 2. The molecular formula is C20H21ClN2O4. The summed E-state index contributed by atoms with van der Waals surface area (Å²) in [5, 5.41) is 6.14. The van der Waals surface area contributed by atoms with Crippen molar-refractivity contribution in [1.29, 1.82) is 0 Å². The molecule has 2 unspecified atom stereocenters. The second-order valence-corrected chi connectivity index (χ2v) is 6.91. The number of hydrogen-bond acceptors (Lipinski definition) is 4. The van der Waals surface area contributed by atoms with E-state index in [1.54, 1.807) is 31.4 Å². The molecule has 0 saturated heterocycles. The van der Waals surface area contributed by atoms with Gasteiger partial charge in [0.05, 0.1) is 37.4 Å². The molecule has 2 N–H and O–H groups in total. The third-order valence-electron chi connectivity index (χ3n) is 4.50. The number of anilines is 2. The van der Waals surface area contributed by atoms with Crippen LogP contribution in [0.1, 0.15) is 12.0 Å². The molecular weight excluding hydrogens is 368 g/mol. The summed E-state index contributed by atoms with van der Waals surface area (Å²) in [5.41, 5.74) is 2.09. The summed E-state index contributed by atoms with van der Waals surface area (Å²) < 4.78 is 10.5. The Labute approximate surface area is 162 Å². The monoisotopic (exact) mass is 388 g/mol. The maximum Gasteiger partial charge on any atom is 0.228 e. The van der Waals surface area contributed by atoms with Gasteiger partial charge < -0.3 is 20.1 Å². The predicted octanol–water partition coefficient (Wildman–Crippen LogP) is 3.88. The number of ether oxygens (including phenoxy) is 2. The van der Waals surface area contributed by atoms with Crippen LogP contribution in [0.3, 0.4) is 0 Å². The van der Waals surface area contributed by atoms with Gasteiger partial charge in [0.15, 0.2) is 0 Å². The van der Waals surface area contributed by atoms with Crippen LogP contribution in [0.2, 0.25) is 5.02 Å². The lowest BCUT2D eigenvalue weighted by Gasteiger charge is -2.12. The topological polar surface area (TPSA) is 76.7 Å². The van der Waals surface area contributed by atoms with Crippen molar-refractivity contribution in [3.8, 4) is 11.5 Å². The minimum Gasteiger partial charge on any atom is -0.495 e. The van der Waals surface area contributed by atoms with Crippen molar-refractivity contribution in [2.75, 3.05) is 24.9 Å². The van der Waals surface area contributed by atoms with Crippen LogP contribution in [-0.4, -0.2) is 26.0 Å². The van der Waals surface area contributed by atoms with Crippen molar-refractivity contribution in [3.63, 3.8) is 0 Å². The molecule has 0 aliphatic heterocycles. The number of amides is 2. The van der Waals surface area contributed by atoms with Gasteiger partial charge in [0.1, 0.15) is 11.5 Å². The van der Waals surface area contributed by atoms with Crippen molar-refractivity contribution in [3.05, 3.63) is 47.0 Å². The highest BCUT2D eigenvalue weighted by molar-refractivity contribution is 6.31. The number of carbonyl (C=O) groups excluding carboxylic acids is 2. The molecule has 142 valence electrons. The summed E-state index contributed by atoms with van der Waals surface area (Å²) in [5.74, 6) is -0.0907. The molecule has 0 spiro atoms. The first kappa shape index (κ1) is 19.0. The van der Waals surface area contributed by atoms with Crippen molar-refractivity contribution in [2.24, 2.45) is 11.8 Å². The highest BCUT2D eigenvalue weighted by Gasteiger charge is 2.48. The van der Waals surface area contributed by atoms with Crippen molar-refractivity contribution < 1.29 is 19.1 Å². The van der Waals surface area contributed by atoms with Crippen LogP contribution in [0.15, 0.2) is 36.4 Å². The van der Waals surface area contributed by atoms with E-state index in [-0.39, 0.29) is 23.7 Å². The first-order chi connectivity index (χ1) is 12.9. The van der Waals surface area contributed by atoms with Crippen LogP contribution in [-0.2, 0) is 9.59 Å². The second kappa shape index (κ2) is 7.88. The third kappa shape index (κ3) is 4.34. The molecule has 27 heavy (non-hydrogen) atoms. The lowest BCUT2D eigenvalue weighted by molar-refractivity contribution is -0.122. The molecule has 0 bridgehead atoms. The summed E-state index contributed by atoms with van der Waals surface area (Å²) in [6.45, 7) is 1.93. The molecule has 7 heteroatoms. The number of halogens is 1. The highest BCUT2D eigenvalue weighted by Crippen LogP contribution is 2.41. The first-order valence-electron chi connectivity index (χ1n) is 8.53. The SMILES string of the molecule is COc1ccc(C)cc1NC(=O)C1CC1C(=O)Nc1cc(Cl)ccc1OC. The van der Waals surface area contributed by atoms with Gasteiger partial charge in [0, 0.05) is 5.02 Å². The first-order valence-corrected chi connectivity index (χ1v) is 8.90. The molecule has 1 saturated carbocycles. The van der Waals surface area contributed by atoms with Crippen LogP contribution in [0.25, 0.3) is 0 Å². The van der Waals surface area contributed by atoms with Crippen LogP contribution < -0.4 is 20.1 Å². The van der Waals surface area contributed by atoms with Gasteiger partial charge in [-0.3, -0.25) is 9.59 Å². The Balaban J connectivity index is 1.64. The maximum absolute atomic E-state index is 12.5. The molecule has 6 nitrogen and oxygen atoms in total. The summed E-state index contributed by atoms with van der Waals surface area (Å²) in [6, 6.07) is 10.5. The Bertz CT molecular complexity index is 813. The van der Waals surface area contributed by atoms with Crippen molar-refractivity contribution in [1.82, 2.24) is 0 Å². The summed E-state index contributed by atoms with van der Waals surface area (Å²) in [7, 11) is 3.06. The van der Waals surface area contributed by atoms with E-state index in [9.17, 15) is 9.59 Å². The lowest BCUT2D eigenvalue weighted by atomic mass is 10.2. The Morgan fingerprint density at radius 1 is 0.926 bits per heavy atom. The van der Waals surface area contributed by atoms with E-state index in [0.29, 0.717) is 34.3 Å². The fourth-order valence-electron chi connectivity index (χ4n) is 2.92. The van der Waals surface area contributed by atoms with Gasteiger partial charge in [-0.05, 0) is 49.2 Å². The van der Waals surface area contributed by atoms with Crippen molar-refractivity contribution >= 4 is 34.8 Å². The van der Waals surface area contributed by atoms with Gasteiger partial charge in [0.2, 0.25) is 11.8 Å². The minimum absolute atomic E-state index is 0.197. The number of aryl methyl sites for hydroxylation is 1. The zero-order valence-corrected chi connectivity index (χ0v) is 16.1. The fraction of sp³-hybridized carbons (Fsp3) is 0.300. The molecule has 2 aromatic rings. The molecule has 1 fully saturated rings. The molecule has 2 amide bonds. The van der Waals surface area contributed by atoms with Gasteiger partial charge in [-0.1, -0.05) is 17.7 Å². The summed E-state index contributed by atoms with van der Waals surface area (Å²) >= 11 is 5.98. The zero-order valence-electron chi connectivity index (χ0n) is 15.3. The normalized spacial score (nSPS) is 17.8. The number of hydrogen-bond donors (Lipinski definition) is 2. The van der Waals surface area contributed by atoms with E-state index in [0.717, 1.165) is 5.56 Å². The Morgan fingerprint density at radius 3 is 2.00 bits per heavy atom. The molecule has 0 aromatic heterocycles. The average Bonchev–Trinajstić information content (AvgIpc) is 3.43. The number of nitrogens with one attached hydrogen (secondary N) is 2. The number of rotatable bonds is 6. The van der Waals surface area contributed by atoms with Crippen LogP contribution in [0.5, 0.6) is 11.5 Å². The van der Waals surface area contributed by atoms with Crippen molar-refractivity contribution in [2.45, 2.75) is 13.3 Å². The van der Waals surface area contributed by atoms with Crippen LogP contribution in [0.4, 0.5) is 11.4 Å². The molecule has 2 aromatic carbocycles. The predicted molar refractivity (Wildman–Crippen MR) is 105 cm³/mol.